The van der Waals surface area contributed by atoms with Crippen LogP contribution in [0.1, 0.15) is 57.2 Å². The van der Waals surface area contributed by atoms with E-state index in [2.05, 4.69) is 5.32 Å². The second kappa shape index (κ2) is 14.7. The maximum absolute atomic E-state index is 13.6. The van der Waals surface area contributed by atoms with E-state index in [1.807, 2.05) is 0 Å². The van der Waals surface area contributed by atoms with Crippen molar-refractivity contribution in [3.63, 3.8) is 0 Å². The molecule has 2 amide bonds. The fourth-order valence-electron chi connectivity index (χ4n) is 5.35. The smallest absolute Gasteiger partial charge is 0.355 e. The third kappa shape index (κ3) is 7.90. The second-order valence-corrected chi connectivity index (χ2v) is 13.7. The van der Waals surface area contributed by atoms with E-state index in [-0.39, 0.29) is 31.3 Å². The normalized spacial score (nSPS) is 18.6. The number of amides is 2. The average molecular weight is 695 g/mol. The summed E-state index contributed by atoms with van der Waals surface area (Å²) in [6.07, 6.45) is 0.633. The third-order valence-corrected chi connectivity index (χ3v) is 9.28. The molecule has 0 spiro atoms. The standard InChI is InChI=1S/C35H38N2O11S/c1-6-44-32(41)26(22-9-12-25-21(15-22)13-14-45-25)29(39)36-27-30(40)37-28(23(17-46-19(2)38)18-49-31(27)37)33(42)47-16-20-7-10-24(11-8-20)48-34(43)35(3,4)5/h7-12,15,26-27,31H,6,13-14,16-18H2,1-5H3,(H,36,39). The van der Waals surface area contributed by atoms with E-state index < -0.39 is 58.4 Å². The van der Waals surface area contributed by atoms with Crippen LogP contribution in [-0.4, -0.2) is 77.6 Å². The van der Waals surface area contributed by atoms with Gasteiger partial charge < -0.3 is 29.0 Å². The quantitative estimate of drug-likeness (QED) is 0.120. The van der Waals surface area contributed by atoms with Crippen molar-refractivity contribution in [2.45, 2.75) is 65.0 Å². The molecule has 3 aliphatic heterocycles. The molecule has 1 fully saturated rings. The number of thioether (sulfide) groups is 1. The van der Waals surface area contributed by atoms with Crippen LogP contribution in [0.4, 0.5) is 0 Å². The number of fused-ring (bicyclic) bond motifs is 2. The predicted octanol–water partition coefficient (Wildman–Crippen LogP) is 3.18. The average Bonchev–Trinajstić information content (AvgIpc) is 3.53. The minimum atomic E-state index is -1.33. The Morgan fingerprint density at radius 1 is 1.02 bits per heavy atom. The van der Waals surface area contributed by atoms with Crippen LogP contribution in [0.3, 0.4) is 0 Å². The Labute approximate surface area is 287 Å². The van der Waals surface area contributed by atoms with Gasteiger partial charge in [-0.3, -0.25) is 28.9 Å². The third-order valence-electron chi connectivity index (χ3n) is 7.94. The second-order valence-electron chi connectivity index (χ2n) is 12.6. The first-order valence-electron chi connectivity index (χ1n) is 15.8. The largest absolute Gasteiger partial charge is 0.493 e. The SMILES string of the molecule is CCOC(=O)C(C(=O)NC1C(=O)N2C(C(=O)OCc3ccc(OC(=O)C(C)(C)C)cc3)=C(COC(C)=O)CSC12)c1ccc2c(c1)CCO2. The fourth-order valence-corrected chi connectivity index (χ4v) is 6.67. The minimum absolute atomic E-state index is 0.0570. The zero-order valence-electron chi connectivity index (χ0n) is 27.9. The summed E-state index contributed by atoms with van der Waals surface area (Å²) in [5, 5.41) is 2.02. The van der Waals surface area contributed by atoms with Crippen LogP contribution in [0.5, 0.6) is 11.5 Å². The molecule has 0 radical (unpaired) electrons. The number of esters is 4. The summed E-state index contributed by atoms with van der Waals surface area (Å²) in [6, 6.07) is 10.5. The van der Waals surface area contributed by atoms with Crippen LogP contribution in [0.2, 0.25) is 0 Å². The lowest BCUT2D eigenvalue weighted by atomic mass is 9.94. The minimum Gasteiger partial charge on any atom is -0.493 e. The lowest BCUT2D eigenvalue weighted by molar-refractivity contribution is -0.155. The van der Waals surface area contributed by atoms with E-state index in [1.165, 1.54) is 23.6 Å². The lowest BCUT2D eigenvalue weighted by Gasteiger charge is -2.49. The molecule has 2 aromatic carbocycles. The summed E-state index contributed by atoms with van der Waals surface area (Å²) >= 11 is 1.27. The number of hydrogen-bond donors (Lipinski definition) is 1. The van der Waals surface area contributed by atoms with Crippen LogP contribution in [-0.2, 0) is 56.0 Å². The highest BCUT2D eigenvalue weighted by Crippen LogP contribution is 2.41. The summed E-state index contributed by atoms with van der Waals surface area (Å²) in [5.41, 5.74) is 1.48. The van der Waals surface area contributed by atoms with Gasteiger partial charge >= 0.3 is 23.9 Å². The zero-order valence-corrected chi connectivity index (χ0v) is 28.7. The summed E-state index contributed by atoms with van der Waals surface area (Å²) in [6.45, 7) is 8.25. The Balaban J connectivity index is 1.30. The van der Waals surface area contributed by atoms with Gasteiger partial charge in [-0.1, -0.05) is 24.3 Å². The van der Waals surface area contributed by atoms with Crippen molar-refractivity contribution in [3.05, 3.63) is 70.4 Å². The highest BCUT2D eigenvalue weighted by atomic mass is 32.2. The molecule has 5 rings (SSSR count). The Hall–Kier alpha value is -4.85. The maximum Gasteiger partial charge on any atom is 0.355 e. The molecule has 3 unspecified atom stereocenters. The molecule has 0 saturated carbocycles. The van der Waals surface area contributed by atoms with Crippen LogP contribution >= 0.6 is 11.8 Å². The molecule has 0 aliphatic carbocycles. The molecule has 3 atom stereocenters. The molecule has 49 heavy (non-hydrogen) atoms. The van der Waals surface area contributed by atoms with Crippen molar-refractivity contribution in [3.8, 4) is 11.5 Å². The van der Waals surface area contributed by atoms with Gasteiger partial charge in [0, 0.05) is 24.7 Å². The Bertz CT molecular complexity index is 1700. The van der Waals surface area contributed by atoms with E-state index in [0.717, 1.165) is 5.56 Å². The van der Waals surface area contributed by atoms with E-state index >= 15 is 0 Å². The van der Waals surface area contributed by atoms with Gasteiger partial charge in [0.15, 0.2) is 5.92 Å². The van der Waals surface area contributed by atoms with Gasteiger partial charge in [0.25, 0.3) is 5.91 Å². The molecule has 0 bridgehead atoms. The number of nitrogens with one attached hydrogen (secondary N) is 1. The number of ether oxygens (including phenoxy) is 5. The fraction of sp³-hybridized carbons (Fsp3) is 0.429. The van der Waals surface area contributed by atoms with Crippen molar-refractivity contribution in [1.29, 1.82) is 0 Å². The molecule has 3 aliphatic rings. The van der Waals surface area contributed by atoms with Gasteiger partial charge in [0.1, 0.15) is 41.8 Å². The van der Waals surface area contributed by atoms with Gasteiger partial charge in [-0.15, -0.1) is 11.8 Å². The molecule has 3 heterocycles. The number of hydrogen-bond acceptors (Lipinski definition) is 12. The van der Waals surface area contributed by atoms with Crippen LogP contribution < -0.4 is 14.8 Å². The lowest BCUT2D eigenvalue weighted by Crippen LogP contribution is -2.71. The molecule has 0 aromatic heterocycles. The summed E-state index contributed by atoms with van der Waals surface area (Å²) in [4.78, 5) is 78.7. The first-order chi connectivity index (χ1) is 23.3. The summed E-state index contributed by atoms with van der Waals surface area (Å²) in [7, 11) is 0. The molecule has 2 aromatic rings. The monoisotopic (exact) mass is 694 g/mol. The van der Waals surface area contributed by atoms with Gasteiger partial charge in [0.05, 0.1) is 18.6 Å². The number of rotatable bonds is 11. The van der Waals surface area contributed by atoms with Crippen LogP contribution in [0.25, 0.3) is 0 Å². The van der Waals surface area contributed by atoms with E-state index in [4.69, 9.17) is 23.7 Å². The Kier molecular flexibility index (Phi) is 10.7. The molecule has 260 valence electrons. The molecular formula is C35H38N2O11S. The molecule has 13 nitrogen and oxygen atoms in total. The highest BCUT2D eigenvalue weighted by Gasteiger charge is 2.55. The van der Waals surface area contributed by atoms with Crippen molar-refractivity contribution in [2.75, 3.05) is 25.6 Å². The predicted molar refractivity (Wildman–Crippen MR) is 175 cm³/mol. The van der Waals surface area contributed by atoms with Crippen LogP contribution in [0.15, 0.2) is 53.7 Å². The van der Waals surface area contributed by atoms with E-state index in [1.54, 1.807) is 70.2 Å². The number of β-lactam (4-membered cyclic amide) rings is 1. The van der Waals surface area contributed by atoms with Gasteiger partial charge in [-0.25, -0.2) is 4.79 Å². The van der Waals surface area contributed by atoms with Gasteiger partial charge in [-0.05, 0) is 62.6 Å². The highest BCUT2D eigenvalue weighted by molar-refractivity contribution is 8.00. The van der Waals surface area contributed by atoms with Crippen molar-refractivity contribution >= 4 is 47.5 Å². The van der Waals surface area contributed by atoms with Gasteiger partial charge in [0.2, 0.25) is 5.91 Å². The molecule has 14 heteroatoms. The summed E-state index contributed by atoms with van der Waals surface area (Å²) in [5.74, 6) is -3.95. The topological polar surface area (TPSA) is 164 Å². The molecule has 1 N–H and O–H groups in total. The van der Waals surface area contributed by atoms with Crippen LogP contribution in [0, 0.1) is 5.41 Å². The molecular weight excluding hydrogens is 656 g/mol. The van der Waals surface area contributed by atoms with Crippen molar-refractivity contribution < 1.29 is 52.5 Å². The van der Waals surface area contributed by atoms with Gasteiger partial charge in [-0.2, -0.15) is 0 Å². The Morgan fingerprint density at radius 3 is 2.43 bits per heavy atom. The Morgan fingerprint density at radius 2 is 1.76 bits per heavy atom. The number of benzene rings is 2. The van der Waals surface area contributed by atoms with E-state index in [0.29, 0.717) is 41.2 Å². The number of carbonyl (C=O) groups excluding carboxylic acids is 6. The van der Waals surface area contributed by atoms with Crippen molar-refractivity contribution in [2.24, 2.45) is 5.41 Å². The number of carbonyl (C=O) groups is 6. The summed E-state index contributed by atoms with van der Waals surface area (Å²) < 4.78 is 26.9. The first kappa shape index (κ1) is 35.5. The maximum atomic E-state index is 13.6. The van der Waals surface area contributed by atoms with Crippen molar-refractivity contribution in [1.82, 2.24) is 10.2 Å². The zero-order chi connectivity index (χ0) is 35.5. The number of nitrogens with zero attached hydrogens (tertiary/aromatic N) is 1. The van der Waals surface area contributed by atoms with E-state index in [9.17, 15) is 28.8 Å². The molecule has 1 saturated heterocycles. The first-order valence-corrected chi connectivity index (χ1v) is 16.8.